The van der Waals surface area contributed by atoms with Crippen LogP contribution in [-0.4, -0.2) is 33.4 Å². The summed E-state index contributed by atoms with van der Waals surface area (Å²) in [7, 11) is 0. The number of nitrogens with zero attached hydrogens (tertiary/aromatic N) is 2. The Labute approximate surface area is 149 Å². The largest absolute Gasteiger partial charge is 0.507 e. The zero-order valence-corrected chi connectivity index (χ0v) is 14.2. The lowest BCUT2D eigenvalue weighted by molar-refractivity contribution is -0.119. The molecule has 0 bridgehead atoms. The third kappa shape index (κ3) is 4.11. The second-order valence-corrected chi connectivity index (χ2v) is 6.32. The maximum Gasteiger partial charge on any atom is 0.342 e. The first kappa shape index (κ1) is 17.3. The van der Waals surface area contributed by atoms with E-state index in [0.29, 0.717) is 16.9 Å². The lowest BCUT2D eigenvalue weighted by Gasteiger charge is -2.14. The highest BCUT2D eigenvalue weighted by Gasteiger charge is 2.21. The third-order valence-corrected chi connectivity index (χ3v) is 4.36. The maximum absolute atomic E-state index is 12.0. The normalized spacial score (nSPS) is 14.4. The van der Waals surface area contributed by atoms with Crippen LogP contribution in [-0.2, 0) is 9.53 Å². The minimum Gasteiger partial charge on any atom is -0.507 e. The first-order valence-corrected chi connectivity index (χ1v) is 8.41. The minimum atomic E-state index is -0.798. The third-order valence-electron chi connectivity index (χ3n) is 4.12. The molecule has 132 valence electrons. The zero-order valence-electron chi connectivity index (χ0n) is 13.4. The molecular formula is C17H18ClN3O4. The molecule has 25 heavy (non-hydrogen) atoms. The van der Waals surface area contributed by atoms with Crippen molar-refractivity contribution in [1.82, 2.24) is 9.78 Å². The van der Waals surface area contributed by atoms with Crippen LogP contribution >= 0.6 is 11.6 Å². The summed E-state index contributed by atoms with van der Waals surface area (Å²) in [6.45, 7) is -0.462. The average Bonchev–Trinajstić information content (AvgIpc) is 3.23. The van der Waals surface area contributed by atoms with E-state index in [1.165, 1.54) is 18.2 Å². The van der Waals surface area contributed by atoms with E-state index in [4.69, 9.17) is 16.3 Å². The van der Waals surface area contributed by atoms with E-state index >= 15 is 0 Å². The van der Waals surface area contributed by atoms with Gasteiger partial charge in [-0.15, -0.1) is 0 Å². The van der Waals surface area contributed by atoms with Gasteiger partial charge in [-0.3, -0.25) is 4.79 Å². The molecule has 0 saturated heterocycles. The van der Waals surface area contributed by atoms with E-state index < -0.39 is 18.5 Å². The van der Waals surface area contributed by atoms with Crippen LogP contribution < -0.4 is 5.32 Å². The summed E-state index contributed by atoms with van der Waals surface area (Å²) in [5, 5.41) is 17.0. The number of halogens is 1. The number of ether oxygens (including phenoxy) is 1. The molecule has 3 rings (SSSR count). The van der Waals surface area contributed by atoms with Crippen molar-refractivity contribution in [2.24, 2.45) is 0 Å². The molecule has 1 saturated carbocycles. The van der Waals surface area contributed by atoms with Crippen LogP contribution in [0.3, 0.4) is 0 Å². The van der Waals surface area contributed by atoms with Crippen LogP contribution in [0, 0.1) is 0 Å². The van der Waals surface area contributed by atoms with Crippen molar-refractivity contribution < 1.29 is 19.4 Å². The molecule has 2 aromatic rings. The number of carbonyl (C=O) groups excluding carboxylic acids is 2. The number of hydrogen-bond donors (Lipinski definition) is 2. The summed E-state index contributed by atoms with van der Waals surface area (Å²) in [5.41, 5.74) is -0.0480. The molecular weight excluding hydrogens is 346 g/mol. The van der Waals surface area contributed by atoms with Crippen LogP contribution in [0.15, 0.2) is 30.5 Å². The molecule has 0 spiro atoms. The fraction of sp³-hybridized carbons (Fsp3) is 0.353. The number of benzene rings is 1. The summed E-state index contributed by atoms with van der Waals surface area (Å²) in [5.74, 6) is -0.977. The first-order valence-electron chi connectivity index (χ1n) is 8.03. The quantitative estimate of drug-likeness (QED) is 0.796. The molecule has 1 aliphatic carbocycles. The van der Waals surface area contributed by atoms with Gasteiger partial charge in [-0.2, -0.15) is 5.10 Å². The summed E-state index contributed by atoms with van der Waals surface area (Å²) in [6, 6.07) is 6.03. The summed E-state index contributed by atoms with van der Waals surface area (Å²) < 4.78 is 6.74. The average molecular weight is 364 g/mol. The number of carbonyl (C=O) groups is 2. The molecule has 8 heteroatoms. The van der Waals surface area contributed by atoms with E-state index in [2.05, 4.69) is 10.4 Å². The van der Waals surface area contributed by atoms with Crippen LogP contribution in [0.25, 0.3) is 0 Å². The molecule has 7 nitrogen and oxygen atoms in total. The minimum absolute atomic E-state index is 0.0480. The van der Waals surface area contributed by atoms with Gasteiger partial charge in [0.15, 0.2) is 6.61 Å². The second-order valence-electron chi connectivity index (χ2n) is 5.89. The summed E-state index contributed by atoms with van der Waals surface area (Å²) in [6.07, 6.45) is 6.01. The molecule has 0 atom stereocenters. The lowest BCUT2D eigenvalue weighted by Crippen LogP contribution is -2.23. The standard InChI is InChI=1S/C17H18ClN3O4/c18-11-5-6-13(14(22)9-11)17(24)25-10-16(23)20-15-7-8-19-21(15)12-3-1-2-4-12/h5-9,12,22H,1-4,10H2,(H,20,23). The predicted octanol–water partition coefficient (Wildman–Crippen LogP) is 3.15. The SMILES string of the molecule is O=C(COC(=O)c1ccc(Cl)cc1O)Nc1ccnn1C1CCCC1. The van der Waals surface area contributed by atoms with Crippen molar-refractivity contribution in [3.63, 3.8) is 0 Å². The topological polar surface area (TPSA) is 93.5 Å². The molecule has 0 aliphatic heterocycles. The number of anilines is 1. The fourth-order valence-corrected chi connectivity index (χ4v) is 3.08. The molecule has 1 fully saturated rings. The van der Waals surface area contributed by atoms with Crippen molar-refractivity contribution in [3.8, 4) is 5.75 Å². The van der Waals surface area contributed by atoms with Gasteiger partial charge in [-0.25, -0.2) is 9.48 Å². The molecule has 1 heterocycles. The van der Waals surface area contributed by atoms with Gasteiger partial charge in [0.1, 0.15) is 17.1 Å². The van der Waals surface area contributed by atoms with Crippen LogP contribution in [0.5, 0.6) is 5.75 Å². The number of rotatable bonds is 5. The Morgan fingerprint density at radius 3 is 2.80 bits per heavy atom. The maximum atomic E-state index is 12.0. The van der Waals surface area contributed by atoms with Crippen molar-refractivity contribution in [1.29, 1.82) is 0 Å². The number of amides is 1. The number of esters is 1. The summed E-state index contributed by atoms with van der Waals surface area (Å²) in [4.78, 5) is 24.0. The van der Waals surface area contributed by atoms with Gasteiger partial charge in [-0.1, -0.05) is 24.4 Å². The van der Waals surface area contributed by atoms with Gasteiger partial charge in [0.05, 0.1) is 12.2 Å². The number of nitrogens with one attached hydrogen (secondary N) is 1. The Morgan fingerprint density at radius 1 is 1.32 bits per heavy atom. The molecule has 2 N–H and O–H groups in total. The number of phenolic OH excluding ortho intramolecular Hbond substituents is 1. The smallest absolute Gasteiger partial charge is 0.342 e. The van der Waals surface area contributed by atoms with Gasteiger partial charge in [0, 0.05) is 11.1 Å². The van der Waals surface area contributed by atoms with E-state index in [9.17, 15) is 14.7 Å². The zero-order chi connectivity index (χ0) is 17.8. The van der Waals surface area contributed by atoms with Crippen molar-refractivity contribution in [3.05, 3.63) is 41.0 Å². The molecule has 1 aliphatic rings. The molecule has 0 radical (unpaired) electrons. The number of phenols is 1. The van der Waals surface area contributed by atoms with E-state index in [1.807, 2.05) is 0 Å². The van der Waals surface area contributed by atoms with Crippen LogP contribution in [0.2, 0.25) is 5.02 Å². The first-order chi connectivity index (χ1) is 12.0. The Balaban J connectivity index is 1.56. The van der Waals surface area contributed by atoms with Crippen LogP contribution in [0.1, 0.15) is 42.1 Å². The van der Waals surface area contributed by atoms with E-state index in [1.54, 1.807) is 16.9 Å². The van der Waals surface area contributed by atoms with Crippen molar-refractivity contribution in [2.45, 2.75) is 31.7 Å². The number of hydrogen-bond acceptors (Lipinski definition) is 5. The monoisotopic (exact) mass is 363 g/mol. The number of aromatic hydroxyl groups is 1. The lowest BCUT2D eigenvalue weighted by atomic mass is 10.2. The highest BCUT2D eigenvalue weighted by atomic mass is 35.5. The van der Waals surface area contributed by atoms with Crippen molar-refractivity contribution >= 4 is 29.3 Å². The van der Waals surface area contributed by atoms with E-state index in [0.717, 1.165) is 25.7 Å². The highest BCUT2D eigenvalue weighted by molar-refractivity contribution is 6.30. The highest BCUT2D eigenvalue weighted by Crippen LogP contribution is 2.31. The van der Waals surface area contributed by atoms with Gasteiger partial charge in [-0.05, 0) is 31.0 Å². The van der Waals surface area contributed by atoms with Crippen molar-refractivity contribution in [2.75, 3.05) is 11.9 Å². The molecule has 1 amide bonds. The predicted molar refractivity (Wildman–Crippen MR) is 91.8 cm³/mol. The van der Waals surface area contributed by atoms with Gasteiger partial charge >= 0.3 is 5.97 Å². The Bertz CT molecular complexity index is 784. The van der Waals surface area contributed by atoms with Gasteiger partial charge < -0.3 is 15.2 Å². The van der Waals surface area contributed by atoms with Crippen LogP contribution in [0.4, 0.5) is 5.82 Å². The fourth-order valence-electron chi connectivity index (χ4n) is 2.92. The Kier molecular flexibility index (Phi) is 5.23. The molecule has 1 aromatic heterocycles. The number of aromatic nitrogens is 2. The molecule has 0 unspecified atom stereocenters. The summed E-state index contributed by atoms with van der Waals surface area (Å²) >= 11 is 5.71. The second kappa shape index (κ2) is 7.57. The van der Waals surface area contributed by atoms with Gasteiger partial charge in [0.25, 0.3) is 5.91 Å². The van der Waals surface area contributed by atoms with E-state index in [-0.39, 0.29) is 11.3 Å². The Morgan fingerprint density at radius 2 is 2.08 bits per heavy atom. The molecule has 1 aromatic carbocycles. The van der Waals surface area contributed by atoms with Gasteiger partial charge in [0.2, 0.25) is 0 Å². The Hall–Kier alpha value is -2.54.